The summed E-state index contributed by atoms with van der Waals surface area (Å²) in [5.41, 5.74) is 17.8. The minimum atomic E-state index is -0.549. The van der Waals surface area contributed by atoms with E-state index in [0.717, 1.165) is 0 Å². The van der Waals surface area contributed by atoms with E-state index in [2.05, 4.69) is 231 Å². The largest absolute Gasteiger partial charge is 0.0732 e. The third-order valence-electron chi connectivity index (χ3n) is 14.4. The zero-order valence-electron chi connectivity index (χ0n) is 34.4. The molecule has 0 heterocycles. The van der Waals surface area contributed by atoms with E-state index in [4.69, 9.17) is 0 Å². The fraction of sp³-hybridized carbons (Fsp3) is 0.0159. The molecule has 0 radical (unpaired) electrons. The summed E-state index contributed by atoms with van der Waals surface area (Å²) in [6.07, 6.45) is 0. The SMILES string of the molecule is c1ccc(-c2ccc(-c3c4ccccc4c(-c4cc5c(c6ccccc46)-c4c(c6ccccc6c6ccccc46)C54c5ccccc5-c5ccccc54)c4ccccc34)cc2)cc1. The molecule has 12 aromatic carbocycles. The maximum absolute atomic E-state index is 2.63. The second-order valence-electron chi connectivity index (χ2n) is 17.4. The van der Waals surface area contributed by atoms with Crippen LogP contribution in [0, 0.1) is 0 Å². The highest BCUT2D eigenvalue weighted by Gasteiger charge is 2.53. The van der Waals surface area contributed by atoms with Gasteiger partial charge in [0, 0.05) is 0 Å². The van der Waals surface area contributed by atoms with Crippen LogP contribution in [0.2, 0.25) is 0 Å². The molecule has 14 rings (SSSR count). The van der Waals surface area contributed by atoms with E-state index in [1.807, 2.05) is 0 Å². The van der Waals surface area contributed by atoms with E-state index in [0.29, 0.717) is 0 Å². The topological polar surface area (TPSA) is 0 Å². The summed E-state index contributed by atoms with van der Waals surface area (Å²) in [6.45, 7) is 0. The Labute approximate surface area is 366 Å². The average molecular weight is 795 g/mol. The Morgan fingerprint density at radius 3 is 1.16 bits per heavy atom. The van der Waals surface area contributed by atoms with Crippen molar-refractivity contribution in [3.8, 4) is 55.6 Å². The summed E-state index contributed by atoms with van der Waals surface area (Å²) in [5.74, 6) is 0. The summed E-state index contributed by atoms with van der Waals surface area (Å²) in [7, 11) is 0. The fourth-order valence-electron chi connectivity index (χ4n) is 12.1. The molecule has 0 aliphatic heterocycles. The van der Waals surface area contributed by atoms with Crippen LogP contribution in [0.4, 0.5) is 0 Å². The quantitative estimate of drug-likeness (QED) is 0.123. The molecule has 0 aromatic heterocycles. The molecule has 0 saturated heterocycles. The van der Waals surface area contributed by atoms with Crippen LogP contribution in [0.15, 0.2) is 231 Å². The van der Waals surface area contributed by atoms with Crippen molar-refractivity contribution in [1.29, 1.82) is 0 Å². The predicted molar refractivity (Wildman–Crippen MR) is 267 cm³/mol. The molecule has 0 heteroatoms. The Balaban J connectivity index is 1.15. The van der Waals surface area contributed by atoms with E-state index >= 15 is 0 Å². The van der Waals surface area contributed by atoms with Crippen LogP contribution in [0.3, 0.4) is 0 Å². The number of hydrogen-bond donors (Lipinski definition) is 0. The Morgan fingerprint density at radius 2 is 0.587 bits per heavy atom. The molecule has 2 aliphatic carbocycles. The molecule has 1 spiro atoms. The lowest BCUT2D eigenvalue weighted by Gasteiger charge is -2.32. The van der Waals surface area contributed by atoms with Crippen molar-refractivity contribution in [2.45, 2.75) is 5.41 Å². The Bertz CT molecular complexity index is 3790. The van der Waals surface area contributed by atoms with Gasteiger partial charge < -0.3 is 0 Å². The number of rotatable bonds is 3. The molecule has 63 heavy (non-hydrogen) atoms. The predicted octanol–water partition coefficient (Wildman–Crippen LogP) is 16.8. The van der Waals surface area contributed by atoms with Crippen molar-refractivity contribution >= 4 is 53.9 Å². The van der Waals surface area contributed by atoms with Gasteiger partial charge in [-0.25, -0.2) is 0 Å². The lowest BCUT2D eigenvalue weighted by Crippen LogP contribution is -2.26. The van der Waals surface area contributed by atoms with Crippen LogP contribution in [0.5, 0.6) is 0 Å². The third-order valence-corrected chi connectivity index (χ3v) is 14.4. The van der Waals surface area contributed by atoms with E-state index < -0.39 is 5.41 Å². The molecular formula is C63H38. The van der Waals surface area contributed by atoms with Crippen LogP contribution in [-0.2, 0) is 5.41 Å². The highest BCUT2D eigenvalue weighted by molar-refractivity contribution is 6.27. The third kappa shape index (κ3) is 4.54. The van der Waals surface area contributed by atoms with Crippen LogP contribution in [-0.4, -0.2) is 0 Å². The van der Waals surface area contributed by atoms with Gasteiger partial charge in [0.05, 0.1) is 5.41 Å². The van der Waals surface area contributed by atoms with Gasteiger partial charge in [0.2, 0.25) is 0 Å². The highest BCUT2D eigenvalue weighted by atomic mass is 14.5. The van der Waals surface area contributed by atoms with Crippen molar-refractivity contribution in [1.82, 2.24) is 0 Å². The van der Waals surface area contributed by atoms with E-state index in [1.54, 1.807) is 0 Å². The molecule has 0 nitrogen and oxygen atoms in total. The molecule has 0 N–H and O–H groups in total. The molecule has 0 atom stereocenters. The van der Waals surface area contributed by atoms with Gasteiger partial charge in [0.15, 0.2) is 0 Å². The summed E-state index contributed by atoms with van der Waals surface area (Å²) >= 11 is 0. The minimum Gasteiger partial charge on any atom is -0.0622 e. The molecule has 2 aliphatic rings. The first-order valence-corrected chi connectivity index (χ1v) is 22.1. The van der Waals surface area contributed by atoms with Crippen molar-refractivity contribution in [2.75, 3.05) is 0 Å². The van der Waals surface area contributed by atoms with Gasteiger partial charge in [-0.3, -0.25) is 0 Å². The summed E-state index contributed by atoms with van der Waals surface area (Å²) < 4.78 is 0. The first-order chi connectivity index (χ1) is 31.3. The smallest absolute Gasteiger partial charge is 0.0622 e. The fourth-order valence-corrected chi connectivity index (χ4v) is 12.1. The van der Waals surface area contributed by atoms with Gasteiger partial charge in [-0.2, -0.15) is 0 Å². The molecule has 0 fully saturated rings. The van der Waals surface area contributed by atoms with E-state index in [9.17, 15) is 0 Å². The Morgan fingerprint density at radius 1 is 0.206 bits per heavy atom. The van der Waals surface area contributed by atoms with Gasteiger partial charge in [-0.1, -0.05) is 224 Å². The second kappa shape index (κ2) is 13.0. The first kappa shape index (κ1) is 34.6. The van der Waals surface area contributed by atoms with E-state index in [1.165, 1.54) is 132 Å². The minimum absolute atomic E-state index is 0.549. The second-order valence-corrected chi connectivity index (χ2v) is 17.4. The molecule has 0 saturated carbocycles. The normalized spacial score (nSPS) is 13.2. The lowest BCUT2D eigenvalue weighted by atomic mass is 9.68. The molecule has 0 unspecified atom stereocenters. The number of hydrogen-bond acceptors (Lipinski definition) is 0. The molecule has 290 valence electrons. The number of fused-ring (bicyclic) bond motifs is 19. The molecule has 12 aromatic rings. The van der Waals surface area contributed by atoms with Gasteiger partial charge in [0.1, 0.15) is 0 Å². The maximum atomic E-state index is 2.63. The van der Waals surface area contributed by atoms with Gasteiger partial charge in [0.25, 0.3) is 0 Å². The van der Waals surface area contributed by atoms with Crippen LogP contribution in [0.1, 0.15) is 22.3 Å². The van der Waals surface area contributed by atoms with Crippen molar-refractivity contribution in [3.05, 3.63) is 253 Å². The Hall–Kier alpha value is -8.06. The summed E-state index contributed by atoms with van der Waals surface area (Å²) in [6, 6.07) is 86.7. The zero-order valence-corrected chi connectivity index (χ0v) is 34.4. The summed E-state index contributed by atoms with van der Waals surface area (Å²) in [5, 5.41) is 12.8. The average Bonchev–Trinajstić information content (AvgIpc) is 3.84. The van der Waals surface area contributed by atoms with Gasteiger partial charge >= 0.3 is 0 Å². The standard InChI is InChI=1S/C63H38/c1-2-18-39(19-3-1)40-34-36-41(37-35-40)58-49-27-9-11-29-51(49)59(52-30-12-10-28-50(52)58)54-38-57-60(47-25-7-5-22-44(47)54)61-48-26-8-4-20-42(48)43-21-6-13-31-53(43)62(61)63(57)55-32-16-14-23-45(55)46-24-15-17-33-56(46)63/h1-38H. The molecule has 0 amide bonds. The van der Waals surface area contributed by atoms with E-state index in [-0.39, 0.29) is 0 Å². The maximum Gasteiger partial charge on any atom is 0.0732 e. The van der Waals surface area contributed by atoms with Gasteiger partial charge in [-0.05, 0) is 138 Å². The monoisotopic (exact) mass is 794 g/mol. The van der Waals surface area contributed by atoms with Crippen molar-refractivity contribution < 1.29 is 0 Å². The van der Waals surface area contributed by atoms with Crippen LogP contribution in [0.25, 0.3) is 109 Å². The highest BCUT2D eigenvalue weighted by Crippen LogP contribution is 2.67. The number of benzene rings is 12. The lowest BCUT2D eigenvalue weighted by molar-refractivity contribution is 0.803. The van der Waals surface area contributed by atoms with Crippen LogP contribution < -0.4 is 0 Å². The van der Waals surface area contributed by atoms with Crippen molar-refractivity contribution in [2.24, 2.45) is 0 Å². The van der Waals surface area contributed by atoms with Gasteiger partial charge in [-0.15, -0.1) is 0 Å². The molecule has 0 bridgehead atoms. The van der Waals surface area contributed by atoms with Crippen LogP contribution >= 0.6 is 0 Å². The summed E-state index contributed by atoms with van der Waals surface area (Å²) in [4.78, 5) is 0. The zero-order chi connectivity index (χ0) is 41.2. The molecular weight excluding hydrogens is 757 g/mol. The first-order valence-electron chi connectivity index (χ1n) is 22.1. The Kier molecular flexibility index (Phi) is 7.13. The van der Waals surface area contributed by atoms with Crippen molar-refractivity contribution in [3.63, 3.8) is 0 Å².